The Kier molecular flexibility index (Phi) is 8.93. The second kappa shape index (κ2) is 12.6. The number of aromatic hydroxyl groups is 1. The molecule has 5 rings (SSSR count). The summed E-state index contributed by atoms with van der Waals surface area (Å²) in [5.74, 6) is -1.36. The number of nitrogens with zero attached hydrogens (tertiary/aromatic N) is 1. The van der Waals surface area contributed by atoms with Crippen molar-refractivity contribution < 1.29 is 29.3 Å². The van der Waals surface area contributed by atoms with Crippen molar-refractivity contribution in [3.63, 3.8) is 0 Å². The van der Waals surface area contributed by atoms with Gasteiger partial charge in [0, 0.05) is 24.3 Å². The van der Waals surface area contributed by atoms with E-state index in [1.54, 1.807) is 6.07 Å². The van der Waals surface area contributed by atoms with Crippen molar-refractivity contribution in [1.82, 2.24) is 4.90 Å². The molecule has 2 saturated heterocycles. The number of hydrogen-bond donors (Lipinski definition) is 2. The van der Waals surface area contributed by atoms with Crippen LogP contribution in [0.4, 0.5) is 0 Å². The Morgan fingerprint density at radius 1 is 1.02 bits per heavy atom. The van der Waals surface area contributed by atoms with E-state index in [4.69, 9.17) is 9.84 Å². The van der Waals surface area contributed by atoms with Crippen molar-refractivity contribution in [1.29, 1.82) is 0 Å². The van der Waals surface area contributed by atoms with Gasteiger partial charge < -0.3 is 14.9 Å². The molecule has 0 saturated carbocycles. The molecule has 2 amide bonds. The Morgan fingerprint density at radius 3 is 2.56 bits per heavy atom. The lowest BCUT2D eigenvalue weighted by molar-refractivity contribution is -0.141. The van der Waals surface area contributed by atoms with E-state index >= 15 is 0 Å². The molecule has 0 spiro atoms. The van der Waals surface area contributed by atoms with Crippen LogP contribution in [0.2, 0.25) is 0 Å². The number of phenolic OH excluding ortho intramolecular Hbond substituents is 1. The number of aliphatic carboxylic acids is 1. The number of ether oxygens (including phenoxy) is 1. The molecule has 1 aliphatic carbocycles. The van der Waals surface area contributed by atoms with E-state index < -0.39 is 5.97 Å². The van der Waals surface area contributed by atoms with Gasteiger partial charge in [0.15, 0.2) is 0 Å². The van der Waals surface area contributed by atoms with E-state index in [1.165, 1.54) is 21.6 Å². The van der Waals surface area contributed by atoms with Gasteiger partial charge in [0.2, 0.25) is 11.8 Å². The topological polar surface area (TPSA) is 104 Å². The van der Waals surface area contributed by atoms with E-state index in [9.17, 15) is 19.5 Å². The van der Waals surface area contributed by atoms with Gasteiger partial charge in [-0.1, -0.05) is 67.3 Å². The molecule has 0 radical (unpaired) electrons. The van der Waals surface area contributed by atoms with Gasteiger partial charge >= 0.3 is 5.97 Å². The molecule has 41 heavy (non-hydrogen) atoms. The van der Waals surface area contributed by atoms with E-state index in [0.29, 0.717) is 38.8 Å². The van der Waals surface area contributed by atoms with E-state index in [0.717, 1.165) is 42.0 Å². The highest BCUT2D eigenvalue weighted by Gasteiger charge is 2.56. The summed E-state index contributed by atoms with van der Waals surface area (Å²) in [5, 5.41) is 21.0. The van der Waals surface area contributed by atoms with E-state index in [2.05, 4.69) is 19.9 Å². The molecule has 4 atom stereocenters. The van der Waals surface area contributed by atoms with Crippen LogP contribution in [-0.2, 0) is 19.1 Å². The van der Waals surface area contributed by atoms with Crippen LogP contribution in [0.1, 0.15) is 77.2 Å². The van der Waals surface area contributed by atoms with Crippen molar-refractivity contribution >= 4 is 34.6 Å². The standard InChI is InChI=1S/C34H41NO6/c1-3-9-23-19-26-32(34(40)35(33(26)39)17-8-4-5-12-30(37)38)27-20-41-29(31(23)27)16-13-21(2)18-22-14-15-28(36)25-11-7-6-10-24(22)25/h6-7,10-11,14-15,18,26-27,29,32,36H,3-5,8-9,12-13,16-17,19-20H2,1-2H3,(H,37,38)/b21-18+/t26-,27+,29-,32-/m1/s1. The fraction of sp³-hybridized carbons (Fsp3) is 0.500. The van der Waals surface area contributed by atoms with Gasteiger partial charge in [-0.25, -0.2) is 0 Å². The van der Waals surface area contributed by atoms with Crippen molar-refractivity contribution in [3.05, 3.63) is 58.7 Å². The number of phenols is 1. The number of allylic oxidation sites excluding steroid dienone is 2. The second-order valence-corrected chi connectivity index (χ2v) is 11.9. The maximum atomic E-state index is 13.5. The second-order valence-electron chi connectivity index (χ2n) is 11.9. The third-order valence-electron chi connectivity index (χ3n) is 9.06. The van der Waals surface area contributed by atoms with Gasteiger partial charge in [-0.2, -0.15) is 0 Å². The number of rotatable bonds is 12. The summed E-state index contributed by atoms with van der Waals surface area (Å²) in [7, 11) is 0. The zero-order valence-corrected chi connectivity index (χ0v) is 24.1. The van der Waals surface area contributed by atoms with Crippen LogP contribution in [0.25, 0.3) is 16.8 Å². The van der Waals surface area contributed by atoms with Gasteiger partial charge in [0.1, 0.15) is 5.75 Å². The molecular weight excluding hydrogens is 518 g/mol. The van der Waals surface area contributed by atoms with Crippen LogP contribution in [-0.4, -0.2) is 52.2 Å². The fourth-order valence-corrected chi connectivity index (χ4v) is 7.15. The monoisotopic (exact) mass is 559 g/mol. The van der Waals surface area contributed by atoms with Crippen molar-refractivity contribution in [2.45, 2.75) is 77.7 Å². The number of carboxylic acid groups (broad SMARTS) is 1. The SMILES string of the molecule is CCCC1=C2[C@@H](CC/C(C)=C/c3ccc(O)c4ccccc34)OC[C@@H]2[C@@H]2C(=O)N(CCCCCC(=O)O)C(=O)[C@@H]2C1. The van der Waals surface area contributed by atoms with Gasteiger partial charge in [-0.3, -0.25) is 19.3 Å². The average molecular weight is 560 g/mol. The van der Waals surface area contributed by atoms with Crippen LogP contribution in [0.15, 0.2) is 53.1 Å². The molecule has 2 N–H and O–H groups in total. The number of unbranched alkanes of at least 4 members (excludes halogenated alkanes) is 2. The zero-order chi connectivity index (χ0) is 29.1. The summed E-state index contributed by atoms with van der Waals surface area (Å²) < 4.78 is 6.37. The molecule has 7 heteroatoms. The Hall–Kier alpha value is -3.45. The number of carboxylic acids is 1. The molecule has 3 aliphatic rings. The lowest BCUT2D eigenvalue weighted by Gasteiger charge is -2.32. The maximum absolute atomic E-state index is 13.5. The summed E-state index contributed by atoms with van der Waals surface area (Å²) in [5.41, 5.74) is 4.86. The molecule has 0 bridgehead atoms. The van der Waals surface area contributed by atoms with Crippen LogP contribution >= 0.6 is 0 Å². The molecule has 2 aliphatic heterocycles. The Labute approximate surface area is 241 Å². The molecular formula is C34H41NO6. The first-order valence-electron chi connectivity index (χ1n) is 15.1. The molecule has 0 aromatic heterocycles. The maximum Gasteiger partial charge on any atom is 0.303 e. The summed E-state index contributed by atoms with van der Waals surface area (Å²) in [6.07, 6.45) is 8.33. The number of benzene rings is 2. The van der Waals surface area contributed by atoms with Gasteiger partial charge in [0.05, 0.1) is 24.5 Å². The minimum absolute atomic E-state index is 0.0425. The number of fused-ring (bicyclic) bond motifs is 4. The highest BCUT2D eigenvalue weighted by molar-refractivity contribution is 6.06. The summed E-state index contributed by atoms with van der Waals surface area (Å²) in [4.78, 5) is 39.1. The zero-order valence-electron chi connectivity index (χ0n) is 24.1. The highest BCUT2D eigenvalue weighted by Crippen LogP contribution is 2.50. The molecule has 2 aromatic carbocycles. The minimum Gasteiger partial charge on any atom is -0.507 e. The summed E-state index contributed by atoms with van der Waals surface area (Å²) >= 11 is 0. The number of imide groups is 1. The number of hydrogen-bond acceptors (Lipinski definition) is 5. The summed E-state index contributed by atoms with van der Waals surface area (Å²) in [6, 6.07) is 11.6. The number of carbonyl (C=O) groups excluding carboxylic acids is 2. The Balaban J connectivity index is 1.28. The lowest BCUT2D eigenvalue weighted by atomic mass is 9.68. The van der Waals surface area contributed by atoms with Crippen LogP contribution in [0.5, 0.6) is 5.75 Å². The van der Waals surface area contributed by atoms with Gasteiger partial charge in [0.25, 0.3) is 0 Å². The summed E-state index contributed by atoms with van der Waals surface area (Å²) in [6.45, 7) is 5.13. The van der Waals surface area contributed by atoms with Gasteiger partial charge in [-0.15, -0.1) is 0 Å². The third-order valence-corrected chi connectivity index (χ3v) is 9.06. The van der Waals surface area contributed by atoms with Crippen molar-refractivity contribution in [2.75, 3.05) is 13.2 Å². The largest absolute Gasteiger partial charge is 0.507 e. The highest BCUT2D eigenvalue weighted by atomic mass is 16.5. The Bertz CT molecular complexity index is 1390. The Morgan fingerprint density at radius 2 is 1.80 bits per heavy atom. The first-order valence-corrected chi connectivity index (χ1v) is 15.1. The number of amides is 2. The van der Waals surface area contributed by atoms with Crippen LogP contribution in [0.3, 0.4) is 0 Å². The first-order chi connectivity index (χ1) is 19.8. The minimum atomic E-state index is -0.818. The normalized spacial score (nSPS) is 24.3. The van der Waals surface area contributed by atoms with E-state index in [1.807, 2.05) is 30.3 Å². The predicted molar refractivity (Wildman–Crippen MR) is 158 cm³/mol. The average Bonchev–Trinajstić information content (AvgIpc) is 3.48. The van der Waals surface area contributed by atoms with Crippen LogP contribution in [0, 0.1) is 17.8 Å². The third kappa shape index (κ3) is 5.96. The predicted octanol–water partition coefficient (Wildman–Crippen LogP) is 6.49. The number of likely N-dealkylation sites (tertiary alicyclic amines) is 1. The van der Waals surface area contributed by atoms with Crippen molar-refractivity contribution in [2.24, 2.45) is 17.8 Å². The molecule has 0 unspecified atom stereocenters. The fourth-order valence-electron chi connectivity index (χ4n) is 7.15. The molecule has 2 heterocycles. The quantitative estimate of drug-likeness (QED) is 0.175. The van der Waals surface area contributed by atoms with E-state index in [-0.39, 0.29) is 47.8 Å². The molecule has 218 valence electrons. The lowest BCUT2D eigenvalue weighted by Crippen LogP contribution is -2.34. The number of carbonyl (C=O) groups is 3. The smallest absolute Gasteiger partial charge is 0.303 e. The van der Waals surface area contributed by atoms with Gasteiger partial charge in [-0.05, 0) is 68.0 Å². The van der Waals surface area contributed by atoms with Crippen LogP contribution < -0.4 is 0 Å². The molecule has 2 fully saturated rings. The molecule has 2 aromatic rings. The molecule has 7 nitrogen and oxygen atoms in total. The van der Waals surface area contributed by atoms with Crippen molar-refractivity contribution in [3.8, 4) is 5.75 Å². The first kappa shape index (κ1) is 29.1.